The van der Waals surface area contributed by atoms with E-state index in [1.165, 1.54) is 10.8 Å². The first kappa shape index (κ1) is 10.1. The van der Waals surface area contributed by atoms with Gasteiger partial charge in [-0.2, -0.15) is 0 Å². The highest BCUT2D eigenvalue weighted by Gasteiger charge is 2.18. The third-order valence-electron chi connectivity index (χ3n) is 3.02. The Labute approximate surface area is 99.5 Å². The number of esters is 1. The zero-order chi connectivity index (χ0) is 11.7. The van der Waals surface area contributed by atoms with Crippen molar-refractivity contribution in [2.75, 3.05) is 6.61 Å². The van der Waals surface area contributed by atoms with Crippen LogP contribution in [0.15, 0.2) is 48.0 Å². The minimum atomic E-state index is -0.182. The van der Waals surface area contributed by atoms with Crippen molar-refractivity contribution in [1.29, 1.82) is 0 Å². The van der Waals surface area contributed by atoms with Gasteiger partial charge in [-0.15, -0.1) is 0 Å². The molecule has 0 spiro atoms. The third-order valence-corrected chi connectivity index (χ3v) is 3.02. The number of hydrogen-bond donors (Lipinski definition) is 0. The van der Waals surface area contributed by atoms with E-state index in [4.69, 9.17) is 4.74 Å². The highest BCUT2D eigenvalue weighted by Crippen LogP contribution is 2.23. The van der Waals surface area contributed by atoms with Gasteiger partial charge in [-0.1, -0.05) is 42.5 Å². The van der Waals surface area contributed by atoms with Gasteiger partial charge in [0.15, 0.2) is 0 Å². The van der Waals surface area contributed by atoms with E-state index < -0.39 is 0 Å². The van der Waals surface area contributed by atoms with Crippen LogP contribution in [-0.4, -0.2) is 12.6 Å². The SMILES string of the molecule is O=C1OCC/C1=C\c1cccc2ccccc12. The number of rotatable bonds is 1. The van der Waals surface area contributed by atoms with Gasteiger partial charge in [0.2, 0.25) is 0 Å². The van der Waals surface area contributed by atoms with Crippen LogP contribution in [-0.2, 0) is 9.53 Å². The Morgan fingerprint density at radius 2 is 1.88 bits per heavy atom. The maximum absolute atomic E-state index is 11.4. The van der Waals surface area contributed by atoms with Crippen molar-refractivity contribution in [1.82, 2.24) is 0 Å². The summed E-state index contributed by atoms with van der Waals surface area (Å²) < 4.78 is 4.94. The molecule has 1 fully saturated rings. The van der Waals surface area contributed by atoms with Crippen molar-refractivity contribution < 1.29 is 9.53 Å². The Bertz CT molecular complexity index is 606. The van der Waals surface area contributed by atoms with Crippen LogP contribution in [0.25, 0.3) is 16.8 Å². The molecule has 1 aliphatic heterocycles. The number of hydrogen-bond acceptors (Lipinski definition) is 2. The third kappa shape index (κ3) is 1.82. The average Bonchev–Trinajstić information content (AvgIpc) is 2.76. The van der Waals surface area contributed by atoms with Gasteiger partial charge in [-0.05, 0) is 22.4 Å². The van der Waals surface area contributed by atoms with E-state index >= 15 is 0 Å². The Balaban J connectivity index is 2.15. The van der Waals surface area contributed by atoms with Crippen LogP contribution in [0, 0.1) is 0 Å². The van der Waals surface area contributed by atoms with Crippen LogP contribution in [0.5, 0.6) is 0 Å². The maximum atomic E-state index is 11.4. The van der Waals surface area contributed by atoms with Crippen LogP contribution in [0.2, 0.25) is 0 Å². The first-order chi connectivity index (χ1) is 8.34. The van der Waals surface area contributed by atoms with Crippen molar-refractivity contribution in [2.45, 2.75) is 6.42 Å². The molecule has 0 aromatic heterocycles. The molecule has 0 unspecified atom stereocenters. The van der Waals surface area contributed by atoms with Crippen molar-refractivity contribution in [3.63, 3.8) is 0 Å². The number of carbonyl (C=O) groups is 1. The summed E-state index contributed by atoms with van der Waals surface area (Å²) >= 11 is 0. The molecule has 2 heteroatoms. The molecule has 0 amide bonds. The fraction of sp³-hybridized carbons (Fsp3) is 0.133. The lowest BCUT2D eigenvalue weighted by Crippen LogP contribution is -1.94. The second-order valence-corrected chi connectivity index (χ2v) is 4.12. The van der Waals surface area contributed by atoms with E-state index in [1.54, 1.807) is 0 Å². The van der Waals surface area contributed by atoms with Gasteiger partial charge in [0.25, 0.3) is 0 Å². The molecule has 1 saturated heterocycles. The van der Waals surface area contributed by atoms with E-state index in [1.807, 2.05) is 30.3 Å². The zero-order valence-electron chi connectivity index (χ0n) is 9.35. The smallest absolute Gasteiger partial charge is 0.334 e. The van der Waals surface area contributed by atoms with Gasteiger partial charge < -0.3 is 4.74 Å². The highest BCUT2D eigenvalue weighted by atomic mass is 16.5. The van der Waals surface area contributed by atoms with Crippen molar-refractivity contribution in [3.8, 4) is 0 Å². The molecular weight excluding hydrogens is 212 g/mol. The van der Waals surface area contributed by atoms with E-state index in [0.717, 1.165) is 11.1 Å². The summed E-state index contributed by atoms with van der Waals surface area (Å²) in [6, 6.07) is 14.3. The lowest BCUT2D eigenvalue weighted by atomic mass is 10.0. The molecule has 0 N–H and O–H groups in total. The largest absolute Gasteiger partial charge is 0.462 e. The average molecular weight is 224 g/mol. The second kappa shape index (κ2) is 4.06. The van der Waals surface area contributed by atoms with Gasteiger partial charge >= 0.3 is 5.97 Å². The Hall–Kier alpha value is -2.09. The molecule has 0 atom stereocenters. The number of benzene rings is 2. The summed E-state index contributed by atoms with van der Waals surface area (Å²) in [6.07, 6.45) is 2.65. The number of cyclic esters (lactones) is 1. The molecule has 2 aromatic rings. The maximum Gasteiger partial charge on any atom is 0.334 e. The van der Waals surface area contributed by atoms with Gasteiger partial charge in [-0.25, -0.2) is 4.79 Å². The Kier molecular flexibility index (Phi) is 2.41. The number of ether oxygens (including phenoxy) is 1. The lowest BCUT2D eigenvalue weighted by molar-refractivity contribution is -0.134. The van der Waals surface area contributed by atoms with Crippen molar-refractivity contribution in [2.24, 2.45) is 0 Å². The quantitative estimate of drug-likeness (QED) is 0.549. The van der Waals surface area contributed by atoms with Gasteiger partial charge in [0.05, 0.1) is 6.61 Å². The summed E-state index contributed by atoms with van der Waals surface area (Å²) in [4.78, 5) is 11.4. The molecular formula is C15H12O2. The van der Waals surface area contributed by atoms with Crippen LogP contribution < -0.4 is 0 Å². The highest BCUT2D eigenvalue weighted by molar-refractivity contribution is 5.99. The number of fused-ring (bicyclic) bond motifs is 1. The van der Waals surface area contributed by atoms with Crippen molar-refractivity contribution >= 4 is 22.8 Å². The van der Waals surface area contributed by atoms with Gasteiger partial charge in [0.1, 0.15) is 0 Å². The molecule has 17 heavy (non-hydrogen) atoms. The monoisotopic (exact) mass is 224 g/mol. The molecule has 84 valence electrons. The predicted octanol–water partition coefficient (Wildman–Crippen LogP) is 3.17. The molecule has 1 heterocycles. The zero-order valence-corrected chi connectivity index (χ0v) is 9.35. The van der Waals surface area contributed by atoms with Crippen LogP contribution >= 0.6 is 0 Å². The van der Waals surface area contributed by atoms with Crippen LogP contribution in [0.3, 0.4) is 0 Å². The Morgan fingerprint density at radius 1 is 1.06 bits per heavy atom. The van der Waals surface area contributed by atoms with E-state index in [9.17, 15) is 4.79 Å². The summed E-state index contributed by atoms with van der Waals surface area (Å²) in [6.45, 7) is 0.509. The second-order valence-electron chi connectivity index (χ2n) is 4.12. The van der Waals surface area contributed by atoms with Crippen molar-refractivity contribution in [3.05, 3.63) is 53.6 Å². The summed E-state index contributed by atoms with van der Waals surface area (Å²) in [5.74, 6) is -0.182. The number of carbonyl (C=O) groups excluding carboxylic acids is 1. The van der Waals surface area contributed by atoms with Crippen LogP contribution in [0.4, 0.5) is 0 Å². The van der Waals surface area contributed by atoms with E-state index in [-0.39, 0.29) is 5.97 Å². The molecule has 2 aromatic carbocycles. The topological polar surface area (TPSA) is 26.3 Å². The molecule has 3 rings (SSSR count). The molecule has 0 radical (unpaired) electrons. The fourth-order valence-corrected chi connectivity index (χ4v) is 2.14. The van der Waals surface area contributed by atoms with Gasteiger partial charge in [-0.3, -0.25) is 0 Å². The molecule has 0 aliphatic carbocycles. The van der Waals surface area contributed by atoms with E-state index in [2.05, 4.69) is 18.2 Å². The Morgan fingerprint density at radius 3 is 2.71 bits per heavy atom. The van der Waals surface area contributed by atoms with Gasteiger partial charge in [0, 0.05) is 12.0 Å². The normalized spacial score (nSPS) is 17.6. The van der Waals surface area contributed by atoms with E-state index in [0.29, 0.717) is 13.0 Å². The molecule has 1 aliphatic rings. The first-order valence-electron chi connectivity index (χ1n) is 5.70. The minimum Gasteiger partial charge on any atom is -0.462 e. The summed E-state index contributed by atoms with van der Waals surface area (Å²) in [7, 11) is 0. The first-order valence-corrected chi connectivity index (χ1v) is 5.70. The fourth-order valence-electron chi connectivity index (χ4n) is 2.14. The minimum absolute atomic E-state index is 0.182. The molecule has 0 saturated carbocycles. The summed E-state index contributed by atoms with van der Waals surface area (Å²) in [5.41, 5.74) is 1.85. The summed E-state index contributed by atoms with van der Waals surface area (Å²) in [5, 5.41) is 2.36. The lowest BCUT2D eigenvalue weighted by Gasteiger charge is -2.02. The predicted molar refractivity (Wildman–Crippen MR) is 67.5 cm³/mol. The van der Waals surface area contributed by atoms with Crippen LogP contribution in [0.1, 0.15) is 12.0 Å². The standard InChI is InChI=1S/C15H12O2/c16-15-13(8-9-17-15)10-12-6-3-5-11-4-1-2-7-14(11)12/h1-7,10H,8-9H2/b13-10+. The molecule has 2 nitrogen and oxygen atoms in total. The molecule has 0 bridgehead atoms.